The topological polar surface area (TPSA) is 101 Å². The van der Waals surface area contributed by atoms with Gasteiger partial charge in [0.25, 0.3) is 10.0 Å². The predicted molar refractivity (Wildman–Crippen MR) is 115 cm³/mol. The average Bonchev–Trinajstić information content (AvgIpc) is 2.73. The van der Waals surface area contributed by atoms with Gasteiger partial charge in [-0.15, -0.1) is 0 Å². The lowest BCUT2D eigenvalue weighted by Crippen LogP contribution is -2.14. The van der Waals surface area contributed by atoms with Gasteiger partial charge < -0.3 is 5.11 Å². The van der Waals surface area contributed by atoms with Gasteiger partial charge in [-0.05, 0) is 55.2 Å². The van der Waals surface area contributed by atoms with E-state index in [1.54, 1.807) is 48.5 Å². The van der Waals surface area contributed by atoms with E-state index < -0.39 is 16.0 Å². The molecule has 154 valence electrons. The smallest absolute Gasteiger partial charge is 0.335 e. The SMILES string of the molecule is CC(=O)c1ccc(S(=O)(=O)Nc2ccccc2CCc2ccccc2C(=O)O)cc1. The molecule has 6 nitrogen and oxygen atoms in total. The predicted octanol–water partition coefficient (Wildman–Crippen LogP) is 4.17. The summed E-state index contributed by atoms with van der Waals surface area (Å²) in [7, 11) is -3.84. The Balaban J connectivity index is 1.81. The van der Waals surface area contributed by atoms with E-state index in [2.05, 4.69) is 4.72 Å². The van der Waals surface area contributed by atoms with E-state index in [9.17, 15) is 23.1 Å². The van der Waals surface area contributed by atoms with Gasteiger partial charge in [0.1, 0.15) is 0 Å². The van der Waals surface area contributed by atoms with Crippen molar-refractivity contribution in [2.24, 2.45) is 0 Å². The highest BCUT2D eigenvalue weighted by Gasteiger charge is 2.17. The number of benzene rings is 3. The summed E-state index contributed by atoms with van der Waals surface area (Å²) < 4.78 is 28.2. The maximum Gasteiger partial charge on any atom is 0.335 e. The monoisotopic (exact) mass is 423 g/mol. The van der Waals surface area contributed by atoms with Crippen molar-refractivity contribution in [3.05, 3.63) is 95.1 Å². The number of Topliss-reactive ketones (excluding diaryl/α,β-unsaturated/α-hetero) is 1. The van der Waals surface area contributed by atoms with Crippen LogP contribution in [-0.4, -0.2) is 25.3 Å². The Morgan fingerprint density at radius 2 is 1.40 bits per heavy atom. The van der Waals surface area contributed by atoms with E-state index in [0.717, 1.165) is 5.56 Å². The summed E-state index contributed by atoms with van der Waals surface area (Å²) in [6, 6.07) is 19.5. The van der Waals surface area contributed by atoms with Crippen LogP contribution in [0.25, 0.3) is 0 Å². The van der Waals surface area contributed by atoms with Crippen molar-refractivity contribution in [1.29, 1.82) is 0 Å². The van der Waals surface area contributed by atoms with E-state index in [0.29, 0.717) is 29.7 Å². The molecule has 0 heterocycles. The highest BCUT2D eigenvalue weighted by atomic mass is 32.2. The zero-order chi connectivity index (χ0) is 21.7. The molecule has 3 aromatic rings. The minimum Gasteiger partial charge on any atom is -0.478 e. The van der Waals surface area contributed by atoms with Crippen LogP contribution in [0.15, 0.2) is 77.7 Å². The van der Waals surface area contributed by atoms with Crippen molar-refractivity contribution < 1.29 is 23.1 Å². The van der Waals surface area contributed by atoms with Gasteiger partial charge in [-0.3, -0.25) is 9.52 Å². The number of anilines is 1. The van der Waals surface area contributed by atoms with Crippen molar-refractivity contribution in [2.45, 2.75) is 24.7 Å². The van der Waals surface area contributed by atoms with Crippen LogP contribution >= 0.6 is 0 Å². The number of nitrogens with one attached hydrogen (secondary N) is 1. The maximum absolute atomic E-state index is 12.8. The van der Waals surface area contributed by atoms with Gasteiger partial charge in [0, 0.05) is 5.56 Å². The molecule has 0 aliphatic heterocycles. The number of hydrogen-bond donors (Lipinski definition) is 2. The number of ketones is 1. The number of aromatic carboxylic acids is 1. The molecule has 30 heavy (non-hydrogen) atoms. The molecule has 7 heteroatoms. The summed E-state index contributed by atoms with van der Waals surface area (Å²) in [6.45, 7) is 1.42. The Hall–Kier alpha value is -3.45. The summed E-state index contributed by atoms with van der Waals surface area (Å²) in [5.74, 6) is -1.13. The number of carboxylic acids is 1. The van der Waals surface area contributed by atoms with Gasteiger partial charge in [0.15, 0.2) is 5.78 Å². The number of hydrogen-bond acceptors (Lipinski definition) is 4. The van der Waals surface area contributed by atoms with Crippen LogP contribution in [0.3, 0.4) is 0 Å². The zero-order valence-corrected chi connectivity index (χ0v) is 17.1. The second kappa shape index (κ2) is 8.92. The van der Waals surface area contributed by atoms with Gasteiger partial charge in [-0.1, -0.05) is 48.5 Å². The molecule has 0 atom stereocenters. The number of carbonyl (C=O) groups is 2. The minimum absolute atomic E-state index is 0.0542. The average molecular weight is 423 g/mol. The van der Waals surface area contributed by atoms with Crippen molar-refractivity contribution in [3.8, 4) is 0 Å². The molecule has 0 aliphatic rings. The first kappa shape index (κ1) is 21.3. The molecular formula is C23H21NO5S. The fourth-order valence-electron chi connectivity index (χ4n) is 3.13. The number of carboxylic acid groups (broad SMARTS) is 1. The Labute approximate surface area is 175 Å². The van der Waals surface area contributed by atoms with E-state index >= 15 is 0 Å². The van der Waals surface area contributed by atoms with Gasteiger partial charge in [0.2, 0.25) is 0 Å². The molecule has 0 bridgehead atoms. The molecule has 0 aromatic heterocycles. The summed E-state index contributed by atoms with van der Waals surface area (Å²) in [6.07, 6.45) is 0.917. The Morgan fingerprint density at radius 3 is 2.03 bits per heavy atom. The standard InChI is InChI=1S/C23H21NO5S/c1-16(25)17-12-14-20(15-13-17)30(28,29)24-22-9-5-3-7-19(22)11-10-18-6-2-4-8-21(18)23(26)27/h2-9,12-15,24H,10-11H2,1H3,(H,26,27). The molecule has 0 unspecified atom stereocenters. The van der Waals surface area contributed by atoms with Crippen LogP contribution in [0.1, 0.15) is 38.8 Å². The van der Waals surface area contributed by atoms with Crippen LogP contribution < -0.4 is 4.72 Å². The molecule has 0 saturated heterocycles. The molecule has 0 amide bonds. The Bertz CT molecular complexity index is 1180. The van der Waals surface area contributed by atoms with Crippen molar-refractivity contribution in [1.82, 2.24) is 0 Å². The van der Waals surface area contributed by atoms with Crippen LogP contribution in [0.5, 0.6) is 0 Å². The van der Waals surface area contributed by atoms with Crippen LogP contribution in [0.2, 0.25) is 0 Å². The fourth-order valence-corrected chi connectivity index (χ4v) is 4.23. The van der Waals surface area contributed by atoms with Gasteiger partial charge in [0.05, 0.1) is 16.1 Å². The number of para-hydroxylation sites is 1. The third kappa shape index (κ3) is 4.93. The van der Waals surface area contributed by atoms with E-state index in [4.69, 9.17) is 0 Å². The third-order valence-electron chi connectivity index (χ3n) is 4.74. The van der Waals surface area contributed by atoms with Crippen molar-refractivity contribution in [3.63, 3.8) is 0 Å². The highest BCUT2D eigenvalue weighted by molar-refractivity contribution is 7.92. The van der Waals surface area contributed by atoms with Crippen LogP contribution in [-0.2, 0) is 22.9 Å². The first-order chi connectivity index (χ1) is 14.3. The van der Waals surface area contributed by atoms with E-state index in [1.807, 2.05) is 0 Å². The molecule has 2 N–H and O–H groups in total. The lowest BCUT2D eigenvalue weighted by molar-refractivity contribution is 0.0695. The fraction of sp³-hybridized carbons (Fsp3) is 0.130. The van der Waals surface area contributed by atoms with Gasteiger partial charge in [-0.25, -0.2) is 13.2 Å². The van der Waals surface area contributed by atoms with Crippen molar-refractivity contribution >= 4 is 27.5 Å². The van der Waals surface area contributed by atoms with Crippen LogP contribution in [0.4, 0.5) is 5.69 Å². The minimum atomic E-state index is -3.84. The van der Waals surface area contributed by atoms with Crippen molar-refractivity contribution in [2.75, 3.05) is 4.72 Å². The molecule has 0 fully saturated rings. The Morgan fingerprint density at radius 1 is 0.833 bits per heavy atom. The number of sulfonamides is 1. The second-order valence-electron chi connectivity index (χ2n) is 6.81. The lowest BCUT2D eigenvalue weighted by atomic mass is 9.99. The van der Waals surface area contributed by atoms with Crippen LogP contribution in [0, 0.1) is 0 Å². The molecule has 3 rings (SSSR count). The molecule has 0 aliphatic carbocycles. The van der Waals surface area contributed by atoms with E-state index in [1.165, 1.54) is 31.2 Å². The summed E-state index contributed by atoms with van der Waals surface area (Å²) in [5.41, 5.74) is 2.54. The number of aryl methyl sites for hydroxylation is 2. The molecular weight excluding hydrogens is 402 g/mol. The summed E-state index contributed by atoms with van der Waals surface area (Å²) >= 11 is 0. The van der Waals surface area contributed by atoms with Gasteiger partial charge >= 0.3 is 5.97 Å². The zero-order valence-electron chi connectivity index (χ0n) is 16.3. The number of carbonyl (C=O) groups excluding carboxylic acids is 1. The third-order valence-corrected chi connectivity index (χ3v) is 6.13. The molecule has 3 aromatic carbocycles. The molecule has 0 spiro atoms. The first-order valence-corrected chi connectivity index (χ1v) is 10.8. The number of rotatable bonds is 8. The highest BCUT2D eigenvalue weighted by Crippen LogP contribution is 2.23. The second-order valence-corrected chi connectivity index (χ2v) is 8.49. The van der Waals surface area contributed by atoms with E-state index in [-0.39, 0.29) is 16.2 Å². The quantitative estimate of drug-likeness (QED) is 0.530. The lowest BCUT2D eigenvalue weighted by Gasteiger charge is -2.13. The summed E-state index contributed by atoms with van der Waals surface area (Å²) in [5, 5.41) is 9.34. The molecule has 0 saturated carbocycles. The van der Waals surface area contributed by atoms with Gasteiger partial charge in [-0.2, -0.15) is 0 Å². The normalized spacial score (nSPS) is 11.1. The summed E-state index contributed by atoms with van der Waals surface area (Å²) in [4.78, 5) is 22.8. The first-order valence-electron chi connectivity index (χ1n) is 9.31. The molecule has 0 radical (unpaired) electrons. The maximum atomic E-state index is 12.8. The Kier molecular flexibility index (Phi) is 6.32. The largest absolute Gasteiger partial charge is 0.478 e.